The molecule has 0 bridgehead atoms. The van der Waals surface area contributed by atoms with Crippen LogP contribution in [0.3, 0.4) is 0 Å². The number of likely N-dealkylation sites (tertiary alicyclic amines) is 1. The normalized spacial score (nSPS) is 16.0. The minimum atomic E-state index is 0.106. The third kappa shape index (κ3) is 2.23. The summed E-state index contributed by atoms with van der Waals surface area (Å²) < 4.78 is 5.63. The van der Waals surface area contributed by atoms with Gasteiger partial charge in [0.25, 0.3) is 0 Å². The predicted octanol–water partition coefficient (Wildman–Crippen LogP) is 1.87. The molecule has 1 saturated heterocycles. The van der Waals surface area contributed by atoms with Crippen molar-refractivity contribution in [2.45, 2.75) is 13.0 Å². The summed E-state index contributed by atoms with van der Waals surface area (Å²) in [5.74, 6) is 0.765. The summed E-state index contributed by atoms with van der Waals surface area (Å²) in [6, 6.07) is 5.62. The second kappa shape index (κ2) is 4.11. The van der Waals surface area contributed by atoms with Gasteiger partial charge in [0, 0.05) is 5.02 Å². The van der Waals surface area contributed by atoms with E-state index in [1.807, 2.05) is 19.1 Å². The van der Waals surface area contributed by atoms with Crippen LogP contribution in [0, 0.1) is 6.92 Å². The van der Waals surface area contributed by atoms with E-state index in [1.165, 1.54) is 0 Å². The van der Waals surface area contributed by atoms with Gasteiger partial charge >= 0.3 is 0 Å². The smallest absolute Gasteiger partial charge is 0.209 e. The Balaban J connectivity index is 1.94. The Hall–Kier alpha value is -1.22. The maximum absolute atomic E-state index is 10.3. The zero-order valence-electron chi connectivity index (χ0n) is 8.44. The van der Waals surface area contributed by atoms with Gasteiger partial charge in [-0.3, -0.25) is 4.79 Å². The van der Waals surface area contributed by atoms with E-state index in [2.05, 4.69) is 0 Å². The average Bonchev–Trinajstić information content (AvgIpc) is 2.16. The lowest BCUT2D eigenvalue weighted by molar-refractivity contribution is -0.126. The van der Waals surface area contributed by atoms with Gasteiger partial charge < -0.3 is 9.64 Å². The van der Waals surface area contributed by atoms with Crippen LogP contribution in [0.1, 0.15) is 5.56 Å². The molecule has 0 saturated carbocycles. The third-order valence-corrected chi connectivity index (χ3v) is 2.88. The molecule has 0 unspecified atom stereocenters. The molecule has 1 aliphatic rings. The molecule has 1 aromatic carbocycles. The van der Waals surface area contributed by atoms with Gasteiger partial charge in [0.15, 0.2) is 0 Å². The molecule has 1 fully saturated rings. The first-order valence-electron chi connectivity index (χ1n) is 4.81. The number of rotatable bonds is 3. The van der Waals surface area contributed by atoms with E-state index in [-0.39, 0.29) is 6.10 Å². The number of carbonyl (C=O) groups excluding carboxylic acids is 1. The predicted molar refractivity (Wildman–Crippen MR) is 58.2 cm³/mol. The topological polar surface area (TPSA) is 29.5 Å². The fourth-order valence-electron chi connectivity index (χ4n) is 1.47. The molecule has 0 N–H and O–H groups in total. The number of nitrogens with zero attached hydrogens (tertiary/aromatic N) is 1. The van der Waals surface area contributed by atoms with Gasteiger partial charge in [0.2, 0.25) is 6.41 Å². The lowest BCUT2D eigenvalue weighted by Crippen LogP contribution is -2.52. The van der Waals surface area contributed by atoms with Crippen molar-refractivity contribution in [3.63, 3.8) is 0 Å². The number of ether oxygens (including phenoxy) is 1. The number of amides is 1. The molecular formula is C11H12ClNO2. The number of aryl methyl sites for hydroxylation is 1. The maximum Gasteiger partial charge on any atom is 0.209 e. The van der Waals surface area contributed by atoms with Crippen LogP contribution >= 0.6 is 11.6 Å². The molecule has 80 valence electrons. The van der Waals surface area contributed by atoms with Crippen molar-refractivity contribution in [1.82, 2.24) is 4.90 Å². The van der Waals surface area contributed by atoms with E-state index in [0.717, 1.165) is 17.7 Å². The molecule has 1 aliphatic heterocycles. The molecule has 1 heterocycles. The lowest BCUT2D eigenvalue weighted by atomic mass is 10.2. The van der Waals surface area contributed by atoms with Crippen LogP contribution in [0.25, 0.3) is 0 Å². The van der Waals surface area contributed by atoms with E-state index in [9.17, 15) is 4.79 Å². The molecule has 4 heteroatoms. The van der Waals surface area contributed by atoms with Gasteiger partial charge in [-0.05, 0) is 24.6 Å². The first-order valence-corrected chi connectivity index (χ1v) is 5.19. The van der Waals surface area contributed by atoms with Gasteiger partial charge in [-0.2, -0.15) is 0 Å². The van der Waals surface area contributed by atoms with Crippen LogP contribution in [0.4, 0.5) is 0 Å². The van der Waals surface area contributed by atoms with Gasteiger partial charge in [-0.15, -0.1) is 0 Å². The van der Waals surface area contributed by atoms with Gasteiger partial charge in [-0.1, -0.05) is 17.7 Å². The largest absolute Gasteiger partial charge is 0.487 e. The number of carbonyl (C=O) groups is 1. The summed E-state index contributed by atoms with van der Waals surface area (Å²) in [5.41, 5.74) is 1.03. The number of halogens is 1. The van der Waals surface area contributed by atoms with Crippen molar-refractivity contribution in [3.05, 3.63) is 28.8 Å². The highest BCUT2D eigenvalue weighted by Crippen LogP contribution is 2.23. The minimum Gasteiger partial charge on any atom is -0.487 e. The minimum absolute atomic E-state index is 0.106. The Morgan fingerprint density at radius 2 is 2.27 bits per heavy atom. The fourth-order valence-corrected chi connectivity index (χ4v) is 1.64. The van der Waals surface area contributed by atoms with E-state index >= 15 is 0 Å². The third-order valence-electron chi connectivity index (χ3n) is 2.47. The maximum atomic E-state index is 10.3. The SMILES string of the molecule is Cc1ccc(OC2CN(C=O)C2)cc1Cl. The molecule has 2 rings (SSSR count). The first kappa shape index (κ1) is 10.3. The summed E-state index contributed by atoms with van der Waals surface area (Å²) in [6.07, 6.45) is 0.941. The van der Waals surface area contributed by atoms with Crippen molar-refractivity contribution in [2.24, 2.45) is 0 Å². The Morgan fingerprint density at radius 3 is 2.87 bits per heavy atom. The summed E-state index contributed by atoms with van der Waals surface area (Å²) in [7, 11) is 0. The lowest BCUT2D eigenvalue weighted by Gasteiger charge is -2.36. The van der Waals surface area contributed by atoms with Gasteiger partial charge in [0.05, 0.1) is 13.1 Å². The van der Waals surface area contributed by atoms with Crippen LogP contribution in [-0.2, 0) is 4.79 Å². The van der Waals surface area contributed by atoms with Crippen LogP contribution in [0.5, 0.6) is 5.75 Å². The first-order chi connectivity index (χ1) is 7.19. The summed E-state index contributed by atoms with van der Waals surface area (Å²) in [6.45, 7) is 3.27. The van der Waals surface area contributed by atoms with Gasteiger partial charge in [-0.25, -0.2) is 0 Å². The van der Waals surface area contributed by atoms with Crippen molar-refractivity contribution < 1.29 is 9.53 Å². The second-order valence-corrected chi connectivity index (χ2v) is 4.12. The van der Waals surface area contributed by atoms with E-state index in [0.29, 0.717) is 18.1 Å². The van der Waals surface area contributed by atoms with Crippen LogP contribution in [-0.4, -0.2) is 30.5 Å². The van der Waals surface area contributed by atoms with Crippen molar-refractivity contribution in [3.8, 4) is 5.75 Å². The number of hydrogen-bond donors (Lipinski definition) is 0. The van der Waals surface area contributed by atoms with E-state index in [4.69, 9.17) is 16.3 Å². The molecule has 0 aliphatic carbocycles. The molecule has 1 aromatic rings. The van der Waals surface area contributed by atoms with Crippen molar-refractivity contribution in [2.75, 3.05) is 13.1 Å². The molecule has 1 amide bonds. The second-order valence-electron chi connectivity index (χ2n) is 3.71. The van der Waals surface area contributed by atoms with Crippen LogP contribution in [0.15, 0.2) is 18.2 Å². The highest BCUT2D eigenvalue weighted by molar-refractivity contribution is 6.31. The monoisotopic (exact) mass is 225 g/mol. The van der Waals surface area contributed by atoms with E-state index < -0.39 is 0 Å². The Labute approximate surface area is 93.6 Å². The van der Waals surface area contributed by atoms with Crippen LogP contribution in [0.2, 0.25) is 5.02 Å². The molecule has 15 heavy (non-hydrogen) atoms. The summed E-state index contributed by atoms with van der Waals surface area (Å²) >= 11 is 5.97. The molecule has 3 nitrogen and oxygen atoms in total. The summed E-state index contributed by atoms with van der Waals surface area (Å²) in [4.78, 5) is 12.0. The van der Waals surface area contributed by atoms with Crippen molar-refractivity contribution >= 4 is 18.0 Å². The van der Waals surface area contributed by atoms with Crippen molar-refractivity contribution in [1.29, 1.82) is 0 Å². The Kier molecular flexibility index (Phi) is 2.82. The quantitative estimate of drug-likeness (QED) is 0.735. The molecule has 0 aromatic heterocycles. The molecular weight excluding hydrogens is 214 g/mol. The highest BCUT2D eigenvalue weighted by atomic mass is 35.5. The van der Waals surface area contributed by atoms with E-state index in [1.54, 1.807) is 11.0 Å². The fraction of sp³-hybridized carbons (Fsp3) is 0.364. The molecule has 0 atom stereocenters. The standard InChI is InChI=1S/C11H12ClNO2/c1-8-2-3-9(4-11(8)12)15-10-5-13(6-10)7-14/h2-4,7,10H,5-6H2,1H3. The molecule has 0 spiro atoms. The zero-order valence-corrected chi connectivity index (χ0v) is 9.20. The molecule has 0 radical (unpaired) electrons. The zero-order chi connectivity index (χ0) is 10.8. The van der Waals surface area contributed by atoms with Crippen LogP contribution < -0.4 is 4.74 Å². The summed E-state index contributed by atoms with van der Waals surface area (Å²) in [5, 5.41) is 0.707. The average molecular weight is 226 g/mol. The highest BCUT2D eigenvalue weighted by Gasteiger charge is 2.26. The Bertz CT molecular complexity index is 375. The number of benzene rings is 1. The number of hydrogen-bond acceptors (Lipinski definition) is 2. The van der Waals surface area contributed by atoms with Gasteiger partial charge in [0.1, 0.15) is 11.9 Å². The Morgan fingerprint density at radius 1 is 1.53 bits per heavy atom.